The van der Waals surface area contributed by atoms with Gasteiger partial charge in [-0.25, -0.2) is 13.9 Å². The summed E-state index contributed by atoms with van der Waals surface area (Å²) in [6, 6.07) is 1.18. The van der Waals surface area contributed by atoms with E-state index in [1.807, 2.05) is 6.92 Å². The predicted octanol–water partition coefficient (Wildman–Crippen LogP) is 4.69. The summed E-state index contributed by atoms with van der Waals surface area (Å²) in [5, 5.41) is 57.3. The lowest BCUT2D eigenvalue weighted by Crippen LogP contribution is -2.52. The number of Topliss-reactive ketones (excluding diaryl/α,β-unsaturated/α-hetero) is 1. The highest BCUT2D eigenvalue weighted by Gasteiger charge is 2.45. The number of nitrogens with zero attached hydrogens (tertiary/aromatic N) is 2. The number of nitrogens with two attached hydrogens (primary N) is 1. The monoisotopic (exact) mass is 1030 g/mol. The minimum Gasteiger partial charge on any atom is -0.462 e. The zero-order chi connectivity index (χ0) is 51.1. The second kappa shape index (κ2) is 30.8. The van der Waals surface area contributed by atoms with Crippen molar-refractivity contribution in [1.29, 1.82) is 0 Å². The van der Waals surface area contributed by atoms with E-state index in [1.54, 1.807) is 0 Å². The van der Waals surface area contributed by atoms with Crippen molar-refractivity contribution < 1.29 is 86.4 Å². The molecule has 22 nitrogen and oxygen atoms in total. The fraction of sp³-hybridized carbons (Fsp3) is 0.800. The van der Waals surface area contributed by atoms with Gasteiger partial charge in [0.05, 0.1) is 37.6 Å². The number of hydrogen-bond donors (Lipinski definition) is 8. The SMILES string of the molecule is CCCCC[C@H](O)/C=C\[C@@H]1[C@H](O)[C@H](O)[C@H]2COP(=O)(O)OP(=O)(O)OC[C@@H](COC(=O)CCCCCCCCC(C)CC)OC(=O)CCCCC(=O)C[C@H]([C@H](n3ccc(N)nc3=O)O2)[C@@H](O)C[C@H]1O. The van der Waals surface area contributed by atoms with E-state index < -0.39 is 133 Å². The number of fused-ring (bicyclic) bond motifs is 3. The molecule has 9 N–H and O–H groups in total. The normalized spacial score (nSPS) is 31.7. The molecule has 13 atom stereocenters. The summed E-state index contributed by atoms with van der Waals surface area (Å²) >= 11 is 0. The molecule has 24 heteroatoms. The van der Waals surface area contributed by atoms with Gasteiger partial charge >= 0.3 is 33.3 Å². The number of aliphatic hydroxyl groups is 5. The molecule has 0 aliphatic carbocycles. The lowest BCUT2D eigenvalue weighted by molar-refractivity contribution is -0.196. The number of aliphatic hydroxyl groups excluding tert-OH is 5. The number of aromatic nitrogens is 2. The van der Waals surface area contributed by atoms with Crippen LogP contribution in [-0.2, 0) is 51.1 Å². The van der Waals surface area contributed by atoms with E-state index in [0.717, 1.165) is 62.1 Å². The Morgan fingerprint density at radius 2 is 1.57 bits per heavy atom. The molecule has 0 spiro atoms. The van der Waals surface area contributed by atoms with Gasteiger partial charge in [0.25, 0.3) is 0 Å². The van der Waals surface area contributed by atoms with Gasteiger partial charge in [0.15, 0.2) is 6.10 Å². The van der Waals surface area contributed by atoms with E-state index in [-0.39, 0.29) is 37.9 Å². The lowest BCUT2D eigenvalue weighted by Gasteiger charge is -2.40. The van der Waals surface area contributed by atoms with Crippen molar-refractivity contribution in [3.8, 4) is 0 Å². The Morgan fingerprint density at radius 1 is 0.913 bits per heavy atom. The third-order valence-electron chi connectivity index (χ3n) is 12.3. The standard InChI is InChI=1S/C45H77N3O19P2/c1-4-6-11-17-31(49)21-22-34-36(51)26-37(52)35-25-32(50)18-14-15-20-41(54)65-33(27-62-40(53)19-13-10-8-7-9-12-16-30(3)5-2)28-63-68(58,59)67-69(60,61)64-29-38(43(56)42(34)55)66-44(35)48-24-23-39(46)47-45(48)57/h21-24,30-31,33-38,42-44,49,51-52,55-56H,4-20,25-29H2,1-3H3,(H,58,59)(H,60,61)(H2,46,47,57)/b22-21-/t30?,31-,33+,34-,35-,36+,37-,38+,42-,43+,44+/m0/s1. The Labute approximate surface area is 404 Å². The molecule has 2 saturated heterocycles. The number of ether oxygens (including phenoxy) is 3. The second-order valence-electron chi connectivity index (χ2n) is 18.2. The van der Waals surface area contributed by atoms with Gasteiger partial charge in [-0.15, -0.1) is 0 Å². The first kappa shape index (κ1) is 60.4. The second-order valence-corrected chi connectivity index (χ2v) is 21.2. The number of unbranched alkanes of at least 4 members (excludes halogenated alkanes) is 7. The van der Waals surface area contributed by atoms with Crippen LogP contribution in [0.5, 0.6) is 0 Å². The molecule has 3 rings (SSSR count). The first-order valence-corrected chi connectivity index (χ1v) is 27.3. The number of ketones is 1. The van der Waals surface area contributed by atoms with Gasteiger partial charge in [0, 0.05) is 50.1 Å². The molecule has 0 saturated carbocycles. The van der Waals surface area contributed by atoms with Crippen molar-refractivity contribution >= 4 is 39.2 Å². The van der Waals surface area contributed by atoms with Crippen LogP contribution in [-0.4, -0.2) is 125 Å². The fourth-order valence-electron chi connectivity index (χ4n) is 8.04. The van der Waals surface area contributed by atoms with Crippen LogP contribution >= 0.6 is 15.6 Å². The molecule has 2 bridgehead atoms. The summed E-state index contributed by atoms with van der Waals surface area (Å²) in [7, 11) is -11.4. The Morgan fingerprint density at radius 3 is 2.25 bits per heavy atom. The summed E-state index contributed by atoms with van der Waals surface area (Å²) < 4.78 is 58.5. The molecule has 3 heterocycles. The zero-order valence-electron chi connectivity index (χ0n) is 40.1. The van der Waals surface area contributed by atoms with Crippen molar-refractivity contribution in [2.24, 2.45) is 17.8 Å². The van der Waals surface area contributed by atoms with Crippen molar-refractivity contribution in [3.63, 3.8) is 0 Å². The molecule has 2 aliphatic rings. The van der Waals surface area contributed by atoms with Crippen molar-refractivity contribution in [3.05, 3.63) is 34.9 Å². The molecule has 69 heavy (non-hydrogen) atoms. The maximum Gasteiger partial charge on any atom is 0.481 e. The van der Waals surface area contributed by atoms with Gasteiger partial charge in [-0.3, -0.25) is 28.0 Å². The first-order chi connectivity index (χ1) is 32.6. The number of hydrogen-bond acceptors (Lipinski definition) is 19. The number of esters is 2. The van der Waals surface area contributed by atoms with Crippen LogP contribution in [0.25, 0.3) is 0 Å². The summed E-state index contributed by atoms with van der Waals surface area (Å²) in [6.07, 6.45) is -1.24. The molecule has 0 aromatic carbocycles. The van der Waals surface area contributed by atoms with Crippen molar-refractivity contribution in [2.75, 3.05) is 25.6 Å². The minimum atomic E-state index is -5.75. The minimum absolute atomic E-state index is 0.0535. The van der Waals surface area contributed by atoms with Crippen LogP contribution in [0, 0.1) is 17.8 Å². The summed E-state index contributed by atoms with van der Waals surface area (Å²) in [6.45, 7) is 3.51. The molecule has 0 radical (unpaired) electrons. The number of carbonyl (C=O) groups excluding carboxylic acids is 3. The Balaban J connectivity index is 1.91. The highest BCUT2D eigenvalue weighted by Crippen LogP contribution is 2.60. The van der Waals surface area contributed by atoms with Gasteiger partial charge in [-0.1, -0.05) is 97.1 Å². The van der Waals surface area contributed by atoms with Crippen LogP contribution in [0.2, 0.25) is 0 Å². The van der Waals surface area contributed by atoms with Crippen LogP contribution in [0.3, 0.4) is 0 Å². The van der Waals surface area contributed by atoms with Gasteiger partial charge in [0.2, 0.25) is 0 Å². The number of carbonyl (C=O) groups is 3. The molecule has 3 unspecified atom stereocenters. The number of anilines is 1. The molecular weight excluding hydrogens is 948 g/mol. The molecule has 0 amide bonds. The quantitative estimate of drug-likeness (QED) is 0.0403. The number of phosphoric ester groups is 2. The van der Waals surface area contributed by atoms with Crippen molar-refractivity contribution in [2.45, 2.75) is 192 Å². The van der Waals surface area contributed by atoms with E-state index >= 15 is 0 Å². The van der Waals surface area contributed by atoms with Gasteiger partial charge in [-0.2, -0.15) is 9.29 Å². The molecule has 2 fully saturated rings. The average Bonchev–Trinajstić information content (AvgIpc) is 3.28. The molecule has 1 aromatic heterocycles. The zero-order valence-corrected chi connectivity index (χ0v) is 41.9. The van der Waals surface area contributed by atoms with Gasteiger partial charge in [0.1, 0.15) is 36.6 Å². The lowest BCUT2D eigenvalue weighted by atomic mass is 9.82. The molecule has 1 aromatic rings. The average molecular weight is 1030 g/mol. The van der Waals surface area contributed by atoms with Gasteiger partial charge < -0.3 is 55.3 Å². The third kappa shape index (κ3) is 22.6. The topological polar surface area (TPSA) is 343 Å². The summed E-state index contributed by atoms with van der Waals surface area (Å²) in [5.74, 6) is -4.47. The van der Waals surface area contributed by atoms with E-state index in [2.05, 4.69) is 23.1 Å². The van der Waals surface area contributed by atoms with Crippen LogP contribution in [0.1, 0.15) is 149 Å². The van der Waals surface area contributed by atoms with Crippen LogP contribution in [0.4, 0.5) is 5.82 Å². The molecule has 2 aliphatic heterocycles. The van der Waals surface area contributed by atoms with E-state index in [1.165, 1.54) is 24.6 Å². The predicted molar refractivity (Wildman–Crippen MR) is 250 cm³/mol. The van der Waals surface area contributed by atoms with Crippen LogP contribution < -0.4 is 11.4 Å². The highest BCUT2D eigenvalue weighted by molar-refractivity contribution is 7.61. The Bertz CT molecular complexity index is 1910. The number of phosphoric acid groups is 2. The van der Waals surface area contributed by atoms with Crippen LogP contribution in [0.15, 0.2) is 29.2 Å². The highest BCUT2D eigenvalue weighted by atomic mass is 31.3. The fourth-order valence-corrected chi connectivity index (χ4v) is 10.2. The number of cyclic esters (lactones) is 1. The first-order valence-electron chi connectivity index (χ1n) is 24.3. The third-order valence-corrected chi connectivity index (χ3v) is 14.9. The maximum atomic E-state index is 13.7. The Hall–Kier alpha value is -2.95. The van der Waals surface area contributed by atoms with E-state index in [9.17, 15) is 63.6 Å². The molecular formula is C45H77N3O19P2. The maximum absolute atomic E-state index is 13.7. The van der Waals surface area contributed by atoms with E-state index in [0.29, 0.717) is 25.2 Å². The van der Waals surface area contributed by atoms with E-state index in [4.69, 9.17) is 29.0 Å². The largest absolute Gasteiger partial charge is 0.481 e. The number of rotatable bonds is 19. The summed E-state index contributed by atoms with van der Waals surface area (Å²) in [4.78, 5) is 77.6. The smallest absolute Gasteiger partial charge is 0.462 e. The van der Waals surface area contributed by atoms with Crippen molar-refractivity contribution in [1.82, 2.24) is 9.55 Å². The van der Waals surface area contributed by atoms with Gasteiger partial charge in [-0.05, 0) is 37.7 Å². The summed E-state index contributed by atoms with van der Waals surface area (Å²) in [5.41, 5.74) is 4.66. The number of nitrogen functional groups attached to an aromatic ring is 1. The molecule has 396 valence electrons. The Kier molecular flexibility index (Phi) is 27.0.